The maximum Gasteiger partial charge on any atom is 0.0984 e. The van der Waals surface area contributed by atoms with Gasteiger partial charge in [0.2, 0.25) is 0 Å². The predicted molar refractivity (Wildman–Crippen MR) is 39.6 cm³/mol. The Bertz CT molecular complexity index is 83.1. The summed E-state index contributed by atoms with van der Waals surface area (Å²) in [6, 6.07) is 0. The quantitative estimate of drug-likeness (QED) is 0.504. The van der Waals surface area contributed by atoms with Gasteiger partial charge >= 0.3 is 0 Å². The lowest BCUT2D eigenvalue weighted by atomic mass is 10.1. The van der Waals surface area contributed by atoms with Gasteiger partial charge in [-0.25, -0.2) is 9.78 Å². The van der Waals surface area contributed by atoms with E-state index in [1.165, 1.54) is 0 Å². The van der Waals surface area contributed by atoms with Crippen LogP contribution in [0.15, 0.2) is 0 Å². The molecule has 0 aliphatic carbocycles. The van der Waals surface area contributed by atoms with Gasteiger partial charge in [-0.05, 0) is 18.6 Å². The smallest absolute Gasteiger partial charge is 0.0984 e. The van der Waals surface area contributed by atoms with Gasteiger partial charge in [0.25, 0.3) is 0 Å². The third kappa shape index (κ3) is 2.88. The number of thiol groups is 1. The topological polar surface area (TPSA) is 27.7 Å². The van der Waals surface area contributed by atoms with Crippen LogP contribution in [0.5, 0.6) is 0 Å². The highest BCUT2D eigenvalue weighted by Crippen LogP contribution is 2.12. The lowest BCUT2D eigenvalue weighted by Crippen LogP contribution is -2.21. The summed E-state index contributed by atoms with van der Waals surface area (Å²) in [5, 5.41) is 4.35. The van der Waals surface area contributed by atoms with Crippen LogP contribution < -0.4 is 0 Å². The van der Waals surface area contributed by atoms with Crippen LogP contribution in [0.3, 0.4) is 0 Å². The van der Waals surface area contributed by atoms with E-state index in [1.807, 2.05) is 0 Å². The Morgan fingerprint density at radius 1 is 1.50 bits per heavy atom. The fourth-order valence-corrected chi connectivity index (χ4v) is 1.04. The maximum atomic E-state index is 4.82. The highest BCUT2D eigenvalue weighted by Gasteiger charge is 2.14. The first-order chi connectivity index (χ1) is 4.93. The molecule has 0 aromatic rings. The van der Waals surface area contributed by atoms with E-state index in [0.717, 1.165) is 25.0 Å². The normalized spacial score (nSPS) is 26.7. The van der Waals surface area contributed by atoms with Crippen LogP contribution in [-0.2, 0) is 14.8 Å². The van der Waals surface area contributed by atoms with E-state index in [2.05, 4.69) is 22.6 Å². The molecule has 3 nitrogen and oxygen atoms in total. The number of hydrogen-bond donors (Lipinski definition) is 1. The van der Waals surface area contributed by atoms with Crippen molar-refractivity contribution in [2.75, 3.05) is 12.4 Å². The van der Waals surface area contributed by atoms with Crippen molar-refractivity contribution in [3.63, 3.8) is 0 Å². The highest BCUT2D eigenvalue weighted by atomic mass is 32.1. The molecule has 0 bridgehead atoms. The molecule has 0 saturated carbocycles. The van der Waals surface area contributed by atoms with E-state index >= 15 is 0 Å². The van der Waals surface area contributed by atoms with Crippen LogP contribution in [-0.4, -0.2) is 18.5 Å². The van der Waals surface area contributed by atoms with Crippen molar-refractivity contribution in [2.24, 2.45) is 0 Å². The van der Waals surface area contributed by atoms with Gasteiger partial charge in [-0.2, -0.15) is 12.6 Å². The summed E-state index contributed by atoms with van der Waals surface area (Å²) >= 11 is 4.09. The van der Waals surface area contributed by atoms with Crippen molar-refractivity contribution < 1.29 is 14.8 Å². The maximum absolute atomic E-state index is 4.82. The summed E-state index contributed by atoms with van der Waals surface area (Å²) < 4.78 is 0. The SMILES string of the molecule is SCCCC1CCOOO1. The fourth-order valence-electron chi connectivity index (χ4n) is 0.856. The Kier molecular flexibility index (Phi) is 4.13. The zero-order chi connectivity index (χ0) is 7.23. The lowest BCUT2D eigenvalue weighted by molar-refractivity contribution is -0.549. The van der Waals surface area contributed by atoms with Gasteiger partial charge in [0.15, 0.2) is 0 Å². The van der Waals surface area contributed by atoms with Gasteiger partial charge in [-0.1, -0.05) is 5.04 Å². The molecule has 60 valence electrons. The molecule has 10 heavy (non-hydrogen) atoms. The minimum absolute atomic E-state index is 0.209. The van der Waals surface area contributed by atoms with Gasteiger partial charge < -0.3 is 0 Å². The molecule has 0 radical (unpaired) electrons. The molecule has 0 amide bonds. The Balaban J connectivity index is 2.02. The Morgan fingerprint density at radius 3 is 3.00 bits per heavy atom. The summed E-state index contributed by atoms with van der Waals surface area (Å²) in [7, 11) is 0. The fraction of sp³-hybridized carbons (Fsp3) is 1.00. The van der Waals surface area contributed by atoms with Gasteiger partial charge in [0.1, 0.15) is 0 Å². The van der Waals surface area contributed by atoms with Crippen LogP contribution in [0.25, 0.3) is 0 Å². The summed E-state index contributed by atoms with van der Waals surface area (Å²) in [6.07, 6.45) is 3.21. The molecule has 1 heterocycles. The Morgan fingerprint density at radius 2 is 2.40 bits per heavy atom. The molecule has 1 rings (SSSR count). The van der Waals surface area contributed by atoms with Crippen molar-refractivity contribution in [2.45, 2.75) is 25.4 Å². The molecule has 1 atom stereocenters. The van der Waals surface area contributed by atoms with Crippen LogP contribution in [0.4, 0.5) is 0 Å². The molecule has 1 unspecified atom stereocenters. The minimum atomic E-state index is 0.209. The number of rotatable bonds is 3. The van der Waals surface area contributed by atoms with Crippen molar-refractivity contribution in [3.05, 3.63) is 0 Å². The first kappa shape index (κ1) is 8.33. The van der Waals surface area contributed by atoms with E-state index in [0.29, 0.717) is 6.61 Å². The first-order valence-corrected chi connectivity index (χ1v) is 4.12. The van der Waals surface area contributed by atoms with E-state index in [-0.39, 0.29) is 6.10 Å². The average Bonchev–Trinajstić information content (AvgIpc) is 2.03. The molecule has 1 aliphatic heterocycles. The van der Waals surface area contributed by atoms with Crippen LogP contribution in [0.2, 0.25) is 0 Å². The summed E-state index contributed by atoms with van der Waals surface area (Å²) in [5.41, 5.74) is 0. The van der Waals surface area contributed by atoms with E-state index in [4.69, 9.17) is 4.89 Å². The molecular formula is C6H12O3S. The first-order valence-electron chi connectivity index (χ1n) is 3.49. The van der Waals surface area contributed by atoms with Gasteiger partial charge in [0.05, 0.1) is 12.7 Å². The summed E-state index contributed by atoms with van der Waals surface area (Å²) in [6.45, 7) is 0.636. The Hall–Kier alpha value is 0.230. The molecule has 0 aromatic heterocycles. The van der Waals surface area contributed by atoms with Crippen LogP contribution in [0, 0.1) is 0 Å². The summed E-state index contributed by atoms with van der Waals surface area (Å²) in [4.78, 5) is 9.36. The second-order valence-electron chi connectivity index (χ2n) is 2.26. The molecule has 0 N–H and O–H groups in total. The zero-order valence-electron chi connectivity index (χ0n) is 5.78. The Labute approximate surface area is 65.9 Å². The highest BCUT2D eigenvalue weighted by molar-refractivity contribution is 7.80. The van der Waals surface area contributed by atoms with Crippen LogP contribution >= 0.6 is 12.6 Å². The van der Waals surface area contributed by atoms with Crippen molar-refractivity contribution in [1.82, 2.24) is 0 Å². The minimum Gasteiger partial charge on any atom is -0.206 e. The number of hydrogen-bond acceptors (Lipinski definition) is 4. The second-order valence-corrected chi connectivity index (χ2v) is 2.71. The average molecular weight is 164 g/mol. The van der Waals surface area contributed by atoms with Crippen molar-refractivity contribution >= 4 is 12.6 Å². The van der Waals surface area contributed by atoms with Gasteiger partial charge in [0, 0.05) is 6.42 Å². The molecule has 1 aliphatic rings. The largest absolute Gasteiger partial charge is 0.206 e. The van der Waals surface area contributed by atoms with Crippen molar-refractivity contribution in [1.29, 1.82) is 0 Å². The predicted octanol–water partition coefficient (Wildman–Crippen LogP) is 1.35. The third-order valence-electron chi connectivity index (χ3n) is 1.43. The van der Waals surface area contributed by atoms with E-state index < -0.39 is 0 Å². The molecule has 0 aromatic carbocycles. The standard InChI is InChI=1S/C6H12O3S/c10-5-1-2-6-3-4-7-9-8-6/h6,10H,1-5H2. The molecule has 1 fully saturated rings. The van der Waals surface area contributed by atoms with E-state index in [1.54, 1.807) is 0 Å². The molecule has 4 heteroatoms. The van der Waals surface area contributed by atoms with Crippen molar-refractivity contribution in [3.8, 4) is 0 Å². The monoisotopic (exact) mass is 164 g/mol. The van der Waals surface area contributed by atoms with Crippen LogP contribution in [0.1, 0.15) is 19.3 Å². The lowest BCUT2D eigenvalue weighted by Gasteiger charge is -2.18. The zero-order valence-corrected chi connectivity index (χ0v) is 6.68. The molecular weight excluding hydrogens is 152 g/mol. The molecule has 0 spiro atoms. The van der Waals surface area contributed by atoms with E-state index in [9.17, 15) is 0 Å². The van der Waals surface area contributed by atoms with Gasteiger partial charge in [-0.15, -0.1) is 0 Å². The third-order valence-corrected chi connectivity index (χ3v) is 1.75. The molecule has 1 saturated heterocycles. The second kappa shape index (κ2) is 4.96. The van der Waals surface area contributed by atoms with Gasteiger partial charge in [-0.3, -0.25) is 0 Å². The summed E-state index contributed by atoms with van der Waals surface area (Å²) in [5.74, 6) is 0.903.